The van der Waals surface area contributed by atoms with Crippen LogP contribution in [0.2, 0.25) is 5.02 Å². The number of benzene rings is 2. The second-order valence-electron chi connectivity index (χ2n) is 6.18. The summed E-state index contributed by atoms with van der Waals surface area (Å²) in [6.45, 7) is 1.84. The van der Waals surface area contributed by atoms with Crippen molar-refractivity contribution in [3.63, 3.8) is 0 Å². The highest BCUT2D eigenvalue weighted by atomic mass is 35.5. The van der Waals surface area contributed by atoms with E-state index in [2.05, 4.69) is 5.32 Å². The van der Waals surface area contributed by atoms with Crippen LogP contribution in [0.5, 0.6) is 0 Å². The quantitative estimate of drug-likeness (QED) is 0.601. The number of sulfone groups is 1. The van der Waals surface area contributed by atoms with Gasteiger partial charge in [0.25, 0.3) is 0 Å². The standard InChI is InChI=1S/C20H18ClNO3S2/c1-13(14-7-9-15(10-8-14)27(2,24)25)22-19(23)12-11-18-20(21)16-5-3-4-6-17(16)26-18/h3-13H,1-2H3,(H,22,23)/b12-11+. The molecule has 1 heterocycles. The number of amides is 1. The van der Waals surface area contributed by atoms with Gasteiger partial charge < -0.3 is 5.32 Å². The molecule has 2 aromatic carbocycles. The third-order valence-corrected chi connectivity index (χ3v) is 6.90. The van der Waals surface area contributed by atoms with Crippen LogP contribution in [0, 0.1) is 0 Å². The van der Waals surface area contributed by atoms with Gasteiger partial charge >= 0.3 is 0 Å². The van der Waals surface area contributed by atoms with E-state index in [1.165, 1.54) is 17.4 Å². The Kier molecular flexibility index (Phi) is 5.69. The summed E-state index contributed by atoms with van der Waals surface area (Å²) in [5, 5.41) is 4.48. The Morgan fingerprint density at radius 2 is 1.81 bits per heavy atom. The maximum atomic E-state index is 12.2. The number of carbonyl (C=O) groups excluding carboxylic acids is 1. The van der Waals surface area contributed by atoms with E-state index < -0.39 is 9.84 Å². The third kappa shape index (κ3) is 4.58. The third-order valence-electron chi connectivity index (χ3n) is 4.11. The van der Waals surface area contributed by atoms with Gasteiger partial charge in [-0.25, -0.2) is 8.42 Å². The minimum absolute atomic E-state index is 0.247. The number of thiophene rings is 1. The molecule has 0 aliphatic carbocycles. The highest BCUT2D eigenvalue weighted by Gasteiger charge is 2.11. The van der Waals surface area contributed by atoms with Gasteiger partial charge in [-0.3, -0.25) is 4.79 Å². The minimum atomic E-state index is -3.23. The SMILES string of the molecule is CC(NC(=O)/C=C/c1sc2ccccc2c1Cl)c1ccc(S(C)(=O)=O)cc1. The summed E-state index contributed by atoms with van der Waals surface area (Å²) in [6, 6.07) is 14.1. The molecule has 3 rings (SSSR count). The van der Waals surface area contributed by atoms with Crippen molar-refractivity contribution in [1.82, 2.24) is 5.32 Å². The molecule has 0 aliphatic heterocycles. The van der Waals surface area contributed by atoms with Crippen LogP contribution in [0.25, 0.3) is 16.2 Å². The second-order valence-corrected chi connectivity index (χ2v) is 9.66. The normalized spacial score (nSPS) is 13.1. The fourth-order valence-corrected chi connectivity index (χ4v) is 4.67. The topological polar surface area (TPSA) is 63.2 Å². The molecule has 0 radical (unpaired) electrons. The van der Waals surface area contributed by atoms with Gasteiger partial charge in [0.2, 0.25) is 5.91 Å². The van der Waals surface area contributed by atoms with Gasteiger partial charge in [-0.2, -0.15) is 0 Å². The molecule has 1 atom stereocenters. The molecule has 3 aromatic rings. The van der Waals surface area contributed by atoms with Crippen molar-refractivity contribution < 1.29 is 13.2 Å². The number of nitrogens with one attached hydrogen (secondary N) is 1. The zero-order valence-corrected chi connectivity index (χ0v) is 17.2. The first-order valence-electron chi connectivity index (χ1n) is 8.21. The van der Waals surface area contributed by atoms with Crippen LogP contribution in [0.15, 0.2) is 59.5 Å². The Hall–Kier alpha value is -2.15. The van der Waals surface area contributed by atoms with Crippen LogP contribution in [-0.2, 0) is 14.6 Å². The number of hydrogen-bond donors (Lipinski definition) is 1. The van der Waals surface area contributed by atoms with Crippen molar-refractivity contribution in [2.24, 2.45) is 0 Å². The Balaban J connectivity index is 1.69. The summed E-state index contributed by atoms with van der Waals surface area (Å²) in [4.78, 5) is 13.3. The van der Waals surface area contributed by atoms with E-state index in [9.17, 15) is 13.2 Å². The maximum absolute atomic E-state index is 12.2. The minimum Gasteiger partial charge on any atom is -0.346 e. The fraction of sp³-hybridized carbons (Fsp3) is 0.150. The lowest BCUT2D eigenvalue weighted by atomic mass is 10.1. The Bertz CT molecular complexity index is 1120. The van der Waals surface area contributed by atoms with Crippen molar-refractivity contribution in [1.29, 1.82) is 0 Å². The zero-order chi connectivity index (χ0) is 19.6. The van der Waals surface area contributed by atoms with E-state index in [1.807, 2.05) is 31.2 Å². The van der Waals surface area contributed by atoms with Crippen molar-refractivity contribution in [3.8, 4) is 0 Å². The molecule has 1 aromatic heterocycles. The number of halogens is 1. The largest absolute Gasteiger partial charge is 0.346 e. The van der Waals surface area contributed by atoms with Gasteiger partial charge in [0.05, 0.1) is 16.0 Å². The summed E-state index contributed by atoms with van der Waals surface area (Å²) in [5.41, 5.74) is 0.823. The maximum Gasteiger partial charge on any atom is 0.244 e. The van der Waals surface area contributed by atoms with E-state index >= 15 is 0 Å². The Labute approximate surface area is 167 Å². The monoisotopic (exact) mass is 419 g/mol. The van der Waals surface area contributed by atoms with E-state index in [1.54, 1.807) is 30.3 Å². The number of fused-ring (bicyclic) bond motifs is 1. The zero-order valence-electron chi connectivity index (χ0n) is 14.8. The van der Waals surface area contributed by atoms with E-state index in [0.717, 1.165) is 26.8 Å². The molecular weight excluding hydrogens is 402 g/mol. The van der Waals surface area contributed by atoms with Crippen LogP contribution in [0.4, 0.5) is 0 Å². The molecule has 7 heteroatoms. The van der Waals surface area contributed by atoms with Crippen molar-refractivity contribution in [2.75, 3.05) is 6.26 Å². The molecule has 0 aliphatic rings. The molecule has 1 amide bonds. The molecule has 0 bridgehead atoms. The van der Waals surface area contributed by atoms with Gasteiger partial charge in [-0.15, -0.1) is 11.3 Å². The Morgan fingerprint density at radius 1 is 1.15 bits per heavy atom. The van der Waals surface area contributed by atoms with Gasteiger partial charge in [-0.1, -0.05) is 41.9 Å². The number of carbonyl (C=O) groups is 1. The van der Waals surface area contributed by atoms with Crippen molar-refractivity contribution in [2.45, 2.75) is 17.9 Å². The molecule has 0 fully saturated rings. The predicted octanol–water partition coefficient (Wildman–Crippen LogP) is 4.85. The first-order chi connectivity index (χ1) is 12.8. The molecular formula is C20H18ClNO3S2. The van der Waals surface area contributed by atoms with Crippen LogP contribution in [0.1, 0.15) is 23.4 Å². The predicted molar refractivity (Wildman–Crippen MR) is 112 cm³/mol. The molecule has 0 saturated heterocycles. The van der Waals surface area contributed by atoms with Crippen molar-refractivity contribution >= 4 is 54.8 Å². The van der Waals surface area contributed by atoms with Gasteiger partial charge in [0.15, 0.2) is 9.84 Å². The van der Waals surface area contributed by atoms with Crippen LogP contribution in [-0.4, -0.2) is 20.6 Å². The summed E-state index contributed by atoms with van der Waals surface area (Å²) in [6.07, 6.45) is 4.33. The lowest BCUT2D eigenvalue weighted by Crippen LogP contribution is -2.24. The first kappa shape index (κ1) is 19.6. The average Bonchev–Trinajstić information content (AvgIpc) is 2.95. The van der Waals surface area contributed by atoms with Crippen LogP contribution in [0.3, 0.4) is 0 Å². The lowest BCUT2D eigenvalue weighted by Gasteiger charge is -2.13. The number of rotatable bonds is 5. The average molecular weight is 420 g/mol. The molecule has 140 valence electrons. The van der Waals surface area contributed by atoms with Gasteiger partial charge in [0, 0.05) is 27.3 Å². The van der Waals surface area contributed by atoms with E-state index in [0.29, 0.717) is 5.02 Å². The highest BCUT2D eigenvalue weighted by molar-refractivity contribution is 7.90. The molecule has 4 nitrogen and oxygen atoms in total. The summed E-state index contributed by atoms with van der Waals surface area (Å²) >= 11 is 7.90. The van der Waals surface area contributed by atoms with Crippen LogP contribution >= 0.6 is 22.9 Å². The van der Waals surface area contributed by atoms with E-state index in [4.69, 9.17) is 11.6 Å². The number of hydrogen-bond acceptors (Lipinski definition) is 4. The Morgan fingerprint density at radius 3 is 2.44 bits per heavy atom. The highest BCUT2D eigenvalue weighted by Crippen LogP contribution is 2.35. The second kappa shape index (κ2) is 7.84. The van der Waals surface area contributed by atoms with Gasteiger partial charge in [-0.05, 0) is 36.8 Å². The van der Waals surface area contributed by atoms with Gasteiger partial charge in [0.1, 0.15) is 0 Å². The molecule has 1 unspecified atom stereocenters. The summed E-state index contributed by atoms with van der Waals surface area (Å²) in [7, 11) is -3.23. The summed E-state index contributed by atoms with van der Waals surface area (Å²) < 4.78 is 24.1. The smallest absolute Gasteiger partial charge is 0.244 e. The molecule has 1 N–H and O–H groups in total. The van der Waals surface area contributed by atoms with E-state index in [-0.39, 0.29) is 16.8 Å². The molecule has 0 spiro atoms. The first-order valence-corrected chi connectivity index (χ1v) is 11.3. The molecule has 27 heavy (non-hydrogen) atoms. The fourth-order valence-electron chi connectivity index (χ4n) is 2.64. The summed E-state index contributed by atoms with van der Waals surface area (Å²) in [5.74, 6) is -0.247. The molecule has 0 saturated carbocycles. The van der Waals surface area contributed by atoms with Crippen molar-refractivity contribution in [3.05, 3.63) is 70.1 Å². The lowest BCUT2D eigenvalue weighted by molar-refractivity contribution is -0.117. The van der Waals surface area contributed by atoms with Crippen LogP contribution < -0.4 is 5.32 Å².